The zero-order valence-electron chi connectivity index (χ0n) is 8.32. The van der Waals surface area contributed by atoms with Crippen LogP contribution in [0.15, 0.2) is 28.6 Å². The van der Waals surface area contributed by atoms with E-state index < -0.39 is 0 Å². The molecule has 1 aliphatic heterocycles. The van der Waals surface area contributed by atoms with Gasteiger partial charge in [0.1, 0.15) is 5.76 Å². The van der Waals surface area contributed by atoms with Crippen molar-refractivity contribution in [2.45, 2.75) is 25.8 Å². The van der Waals surface area contributed by atoms with Crippen molar-refractivity contribution < 1.29 is 9.15 Å². The summed E-state index contributed by atoms with van der Waals surface area (Å²) in [7, 11) is 0. The van der Waals surface area contributed by atoms with E-state index in [1.54, 1.807) is 12.5 Å². The van der Waals surface area contributed by atoms with E-state index in [0.717, 1.165) is 36.3 Å². The second-order valence-electron chi connectivity index (χ2n) is 3.61. The summed E-state index contributed by atoms with van der Waals surface area (Å²) in [6.07, 6.45) is 5.49. The van der Waals surface area contributed by atoms with Crippen LogP contribution in [-0.4, -0.2) is 6.61 Å². The summed E-state index contributed by atoms with van der Waals surface area (Å²) >= 11 is 0. The lowest BCUT2D eigenvalue weighted by molar-refractivity contribution is 0.220. The minimum absolute atomic E-state index is 0.148. The van der Waals surface area contributed by atoms with E-state index in [1.165, 1.54) is 0 Å². The zero-order chi connectivity index (χ0) is 9.97. The van der Waals surface area contributed by atoms with E-state index in [9.17, 15) is 0 Å². The maximum absolute atomic E-state index is 6.07. The average Bonchev–Trinajstić information content (AvgIpc) is 2.65. The molecule has 2 rings (SSSR count). The second-order valence-corrected chi connectivity index (χ2v) is 3.61. The predicted molar refractivity (Wildman–Crippen MR) is 53.6 cm³/mol. The first-order valence-electron chi connectivity index (χ1n) is 4.89. The Morgan fingerprint density at radius 1 is 1.50 bits per heavy atom. The van der Waals surface area contributed by atoms with Crippen LogP contribution in [0.25, 0.3) is 0 Å². The molecule has 0 aliphatic carbocycles. The van der Waals surface area contributed by atoms with Crippen LogP contribution in [0.3, 0.4) is 0 Å². The maximum atomic E-state index is 6.07. The average molecular weight is 193 g/mol. The molecule has 2 N–H and O–H groups in total. The van der Waals surface area contributed by atoms with Gasteiger partial charge in [-0.15, -0.1) is 0 Å². The number of ether oxygens (including phenoxy) is 1. The molecule has 1 atom stereocenters. The van der Waals surface area contributed by atoms with E-state index in [1.807, 2.05) is 13.0 Å². The van der Waals surface area contributed by atoms with Crippen molar-refractivity contribution in [3.05, 3.63) is 35.5 Å². The Bertz CT molecular complexity index is 341. The van der Waals surface area contributed by atoms with Crippen LogP contribution < -0.4 is 5.73 Å². The van der Waals surface area contributed by atoms with Gasteiger partial charge < -0.3 is 14.9 Å². The fraction of sp³-hybridized carbons (Fsp3) is 0.455. The lowest BCUT2D eigenvalue weighted by atomic mass is 9.99. The van der Waals surface area contributed by atoms with Crippen LogP contribution in [0.2, 0.25) is 0 Å². The molecule has 0 aromatic carbocycles. The second kappa shape index (κ2) is 3.88. The third-order valence-corrected chi connectivity index (χ3v) is 2.55. The van der Waals surface area contributed by atoms with Gasteiger partial charge in [-0.2, -0.15) is 0 Å². The summed E-state index contributed by atoms with van der Waals surface area (Å²) in [6.45, 7) is 2.80. The van der Waals surface area contributed by atoms with Gasteiger partial charge in [0.15, 0.2) is 0 Å². The molecule has 3 heteroatoms. The Morgan fingerprint density at radius 2 is 2.36 bits per heavy atom. The summed E-state index contributed by atoms with van der Waals surface area (Å²) in [5, 5.41) is 0. The fourth-order valence-corrected chi connectivity index (χ4v) is 1.68. The van der Waals surface area contributed by atoms with E-state index in [0.29, 0.717) is 0 Å². The minimum Gasteiger partial charge on any atom is -0.501 e. The summed E-state index contributed by atoms with van der Waals surface area (Å²) in [6, 6.07) is 1.78. The summed E-state index contributed by atoms with van der Waals surface area (Å²) in [5.74, 6) is 0.849. The Labute approximate surface area is 83.5 Å². The molecule has 14 heavy (non-hydrogen) atoms. The van der Waals surface area contributed by atoms with Crippen molar-refractivity contribution in [1.29, 1.82) is 0 Å². The molecule has 1 aromatic rings. The van der Waals surface area contributed by atoms with Gasteiger partial charge in [-0.1, -0.05) is 0 Å². The molecule has 0 saturated heterocycles. The quantitative estimate of drug-likeness (QED) is 0.783. The van der Waals surface area contributed by atoms with Gasteiger partial charge in [0.05, 0.1) is 25.2 Å². The van der Waals surface area contributed by atoms with Gasteiger partial charge in [-0.05, 0) is 37.0 Å². The first-order chi connectivity index (χ1) is 6.79. The van der Waals surface area contributed by atoms with Gasteiger partial charge in [0.25, 0.3) is 0 Å². The third-order valence-electron chi connectivity index (χ3n) is 2.55. The molecular formula is C11H15NO2. The number of aryl methyl sites for hydroxylation is 1. The van der Waals surface area contributed by atoms with Crippen molar-refractivity contribution in [2.75, 3.05) is 6.61 Å². The largest absolute Gasteiger partial charge is 0.501 e. The molecule has 0 saturated carbocycles. The normalized spacial score (nSPS) is 18.6. The van der Waals surface area contributed by atoms with E-state index in [-0.39, 0.29) is 6.04 Å². The first-order valence-corrected chi connectivity index (χ1v) is 4.89. The number of furan rings is 1. The van der Waals surface area contributed by atoms with Gasteiger partial charge in [0, 0.05) is 0 Å². The molecule has 1 aliphatic rings. The number of hydrogen-bond acceptors (Lipinski definition) is 3. The molecule has 3 nitrogen and oxygen atoms in total. The third kappa shape index (κ3) is 1.68. The Hall–Kier alpha value is -1.22. The summed E-state index contributed by atoms with van der Waals surface area (Å²) < 4.78 is 10.6. The Kier molecular flexibility index (Phi) is 2.59. The van der Waals surface area contributed by atoms with Crippen molar-refractivity contribution >= 4 is 0 Å². The Morgan fingerprint density at radius 3 is 2.93 bits per heavy atom. The molecule has 0 radical (unpaired) electrons. The molecule has 2 heterocycles. The number of rotatable bonds is 2. The minimum atomic E-state index is -0.148. The molecule has 0 fully saturated rings. The summed E-state index contributed by atoms with van der Waals surface area (Å²) in [4.78, 5) is 0. The summed E-state index contributed by atoms with van der Waals surface area (Å²) in [5.41, 5.74) is 8.29. The van der Waals surface area contributed by atoms with Crippen LogP contribution >= 0.6 is 0 Å². The molecule has 0 amide bonds. The van der Waals surface area contributed by atoms with E-state index >= 15 is 0 Å². The first kappa shape index (κ1) is 9.34. The van der Waals surface area contributed by atoms with Crippen molar-refractivity contribution in [1.82, 2.24) is 0 Å². The topological polar surface area (TPSA) is 48.4 Å². The molecule has 1 unspecified atom stereocenters. The van der Waals surface area contributed by atoms with Gasteiger partial charge in [0.2, 0.25) is 0 Å². The Balaban J connectivity index is 2.19. The monoisotopic (exact) mass is 193 g/mol. The lowest BCUT2D eigenvalue weighted by Gasteiger charge is -2.18. The lowest BCUT2D eigenvalue weighted by Crippen LogP contribution is -2.16. The molecular weight excluding hydrogens is 178 g/mol. The van der Waals surface area contributed by atoms with Gasteiger partial charge in [-0.25, -0.2) is 0 Å². The highest BCUT2D eigenvalue weighted by Crippen LogP contribution is 2.27. The smallest absolute Gasteiger partial charge is 0.127 e. The van der Waals surface area contributed by atoms with Gasteiger partial charge in [-0.3, -0.25) is 0 Å². The highest BCUT2D eigenvalue weighted by atomic mass is 16.5. The molecule has 76 valence electrons. The van der Waals surface area contributed by atoms with Crippen molar-refractivity contribution in [3.8, 4) is 0 Å². The number of hydrogen-bond donors (Lipinski definition) is 1. The molecule has 1 aromatic heterocycles. The van der Waals surface area contributed by atoms with Crippen molar-refractivity contribution in [3.63, 3.8) is 0 Å². The van der Waals surface area contributed by atoms with E-state index in [2.05, 4.69) is 0 Å². The van der Waals surface area contributed by atoms with Crippen molar-refractivity contribution in [2.24, 2.45) is 5.73 Å². The standard InChI is InChI=1S/C11H15NO2/c1-8-4-6-14-11(8)10(12)9-3-2-5-13-7-9/h4,6-7,10H,2-3,5,12H2,1H3. The van der Waals surface area contributed by atoms with Gasteiger partial charge >= 0.3 is 0 Å². The predicted octanol–water partition coefficient (Wildman–Crippen LogP) is 2.28. The molecule has 0 spiro atoms. The van der Waals surface area contributed by atoms with Crippen LogP contribution in [0.5, 0.6) is 0 Å². The highest BCUT2D eigenvalue weighted by molar-refractivity contribution is 5.26. The number of nitrogens with two attached hydrogens (primary N) is 1. The zero-order valence-corrected chi connectivity index (χ0v) is 8.32. The highest BCUT2D eigenvalue weighted by Gasteiger charge is 2.19. The van der Waals surface area contributed by atoms with Crippen LogP contribution in [0.4, 0.5) is 0 Å². The molecule has 0 bridgehead atoms. The van der Waals surface area contributed by atoms with Crippen LogP contribution in [0.1, 0.15) is 30.2 Å². The SMILES string of the molecule is Cc1ccoc1C(N)C1=COCCC1. The van der Waals surface area contributed by atoms with E-state index in [4.69, 9.17) is 14.9 Å². The maximum Gasteiger partial charge on any atom is 0.127 e. The van der Waals surface area contributed by atoms with Crippen LogP contribution in [0, 0.1) is 6.92 Å². The fourth-order valence-electron chi connectivity index (χ4n) is 1.68. The van der Waals surface area contributed by atoms with Crippen LogP contribution in [-0.2, 0) is 4.74 Å².